The Morgan fingerprint density at radius 3 is 2.57 bits per heavy atom. The summed E-state index contributed by atoms with van der Waals surface area (Å²) in [5.74, 6) is 0.614. The number of rotatable bonds is 3. The number of hydrogen-bond donors (Lipinski definition) is 1. The molecule has 1 fully saturated rings. The first-order valence-electron chi connectivity index (χ1n) is 5.48. The number of nitrogens with two attached hydrogens (primary N) is 1. The van der Waals surface area contributed by atoms with Gasteiger partial charge in [-0.05, 0) is 29.9 Å². The van der Waals surface area contributed by atoms with Crippen LogP contribution in [0, 0.1) is 0 Å². The molecule has 0 unspecified atom stereocenters. The first-order valence-corrected chi connectivity index (χ1v) is 5.48. The van der Waals surface area contributed by atoms with E-state index in [0.29, 0.717) is 11.3 Å². The van der Waals surface area contributed by atoms with Gasteiger partial charge in [0.25, 0.3) is 0 Å². The maximum Gasteiger partial charge on any atom is 0.00763 e. The first kappa shape index (κ1) is 9.72. The Morgan fingerprint density at radius 2 is 2.07 bits per heavy atom. The zero-order valence-electron chi connectivity index (χ0n) is 9.09. The van der Waals surface area contributed by atoms with Crippen LogP contribution in [-0.4, -0.2) is 6.54 Å². The standard InChI is InChI=1S/C13H19N/c1-10(2)11-4-3-5-12(8-11)13(9-14)6-7-13/h3-5,8,10H,6-7,9,14H2,1-2H3. The number of benzene rings is 1. The van der Waals surface area contributed by atoms with Crippen LogP contribution in [0.4, 0.5) is 0 Å². The minimum Gasteiger partial charge on any atom is -0.330 e. The lowest BCUT2D eigenvalue weighted by molar-refractivity contribution is 0.701. The van der Waals surface area contributed by atoms with Gasteiger partial charge in [0.15, 0.2) is 0 Å². The van der Waals surface area contributed by atoms with Crippen LogP contribution in [0.3, 0.4) is 0 Å². The van der Waals surface area contributed by atoms with Crippen molar-refractivity contribution in [2.45, 2.75) is 38.0 Å². The van der Waals surface area contributed by atoms with E-state index in [1.807, 2.05) is 0 Å². The second kappa shape index (κ2) is 3.39. The molecule has 1 aromatic carbocycles. The normalized spacial score (nSPS) is 18.6. The molecule has 0 atom stereocenters. The second-order valence-electron chi connectivity index (χ2n) is 4.76. The molecule has 14 heavy (non-hydrogen) atoms. The lowest BCUT2D eigenvalue weighted by atomic mass is 9.92. The lowest BCUT2D eigenvalue weighted by Gasteiger charge is -2.15. The molecule has 0 radical (unpaired) electrons. The van der Waals surface area contributed by atoms with Gasteiger partial charge in [0.05, 0.1) is 0 Å². The van der Waals surface area contributed by atoms with Crippen molar-refractivity contribution in [1.29, 1.82) is 0 Å². The highest BCUT2D eigenvalue weighted by Crippen LogP contribution is 2.47. The van der Waals surface area contributed by atoms with Crippen LogP contribution < -0.4 is 5.73 Å². The molecule has 1 aromatic rings. The summed E-state index contributed by atoms with van der Waals surface area (Å²) in [6.45, 7) is 5.27. The van der Waals surface area contributed by atoms with Crippen molar-refractivity contribution < 1.29 is 0 Å². The Bertz CT molecular complexity index is 324. The first-order chi connectivity index (χ1) is 6.68. The Labute approximate surface area is 86.3 Å². The molecular weight excluding hydrogens is 170 g/mol. The largest absolute Gasteiger partial charge is 0.330 e. The van der Waals surface area contributed by atoms with Gasteiger partial charge in [-0.2, -0.15) is 0 Å². The van der Waals surface area contributed by atoms with Gasteiger partial charge in [-0.1, -0.05) is 38.1 Å². The van der Waals surface area contributed by atoms with E-state index in [1.54, 1.807) is 0 Å². The van der Waals surface area contributed by atoms with Crippen molar-refractivity contribution in [1.82, 2.24) is 0 Å². The van der Waals surface area contributed by atoms with E-state index in [1.165, 1.54) is 24.0 Å². The average molecular weight is 189 g/mol. The summed E-state index contributed by atoms with van der Waals surface area (Å²) in [4.78, 5) is 0. The fraction of sp³-hybridized carbons (Fsp3) is 0.538. The van der Waals surface area contributed by atoms with E-state index in [0.717, 1.165) is 6.54 Å². The maximum absolute atomic E-state index is 5.83. The van der Waals surface area contributed by atoms with Gasteiger partial charge in [-0.15, -0.1) is 0 Å². The maximum atomic E-state index is 5.83. The van der Waals surface area contributed by atoms with E-state index in [2.05, 4.69) is 38.1 Å². The number of hydrogen-bond acceptors (Lipinski definition) is 1. The topological polar surface area (TPSA) is 26.0 Å². The molecule has 0 aromatic heterocycles. The van der Waals surface area contributed by atoms with Crippen LogP contribution in [-0.2, 0) is 5.41 Å². The molecule has 0 bridgehead atoms. The molecule has 1 aliphatic carbocycles. The predicted molar refractivity (Wildman–Crippen MR) is 60.5 cm³/mol. The molecular formula is C13H19N. The molecule has 2 rings (SSSR count). The molecule has 1 saturated carbocycles. The smallest absolute Gasteiger partial charge is 0.00763 e. The highest BCUT2D eigenvalue weighted by molar-refractivity contribution is 5.36. The molecule has 0 aliphatic heterocycles. The van der Waals surface area contributed by atoms with Crippen molar-refractivity contribution in [3.63, 3.8) is 0 Å². The van der Waals surface area contributed by atoms with Crippen molar-refractivity contribution in [3.8, 4) is 0 Å². The Morgan fingerprint density at radius 1 is 1.36 bits per heavy atom. The minimum absolute atomic E-state index is 0.338. The fourth-order valence-electron chi connectivity index (χ4n) is 1.99. The van der Waals surface area contributed by atoms with Gasteiger partial charge < -0.3 is 5.73 Å². The molecule has 1 heteroatoms. The fourth-order valence-corrected chi connectivity index (χ4v) is 1.99. The summed E-state index contributed by atoms with van der Waals surface area (Å²) in [7, 11) is 0. The van der Waals surface area contributed by atoms with Crippen LogP contribution >= 0.6 is 0 Å². The second-order valence-corrected chi connectivity index (χ2v) is 4.76. The van der Waals surface area contributed by atoms with Gasteiger partial charge >= 0.3 is 0 Å². The summed E-state index contributed by atoms with van der Waals surface area (Å²) in [6, 6.07) is 8.94. The van der Waals surface area contributed by atoms with E-state index >= 15 is 0 Å². The molecule has 1 nitrogen and oxygen atoms in total. The van der Waals surface area contributed by atoms with Crippen LogP contribution in [0.2, 0.25) is 0 Å². The molecule has 76 valence electrons. The molecule has 0 heterocycles. The van der Waals surface area contributed by atoms with Gasteiger partial charge in [-0.3, -0.25) is 0 Å². The third-order valence-corrected chi connectivity index (χ3v) is 3.41. The third kappa shape index (κ3) is 1.57. The minimum atomic E-state index is 0.338. The lowest BCUT2D eigenvalue weighted by Crippen LogP contribution is -2.19. The van der Waals surface area contributed by atoms with Crippen molar-refractivity contribution in [2.75, 3.05) is 6.54 Å². The van der Waals surface area contributed by atoms with Gasteiger partial charge in [0.1, 0.15) is 0 Å². The SMILES string of the molecule is CC(C)c1cccc(C2(CN)CC2)c1. The zero-order chi connectivity index (χ0) is 10.2. The molecule has 0 saturated heterocycles. The van der Waals surface area contributed by atoms with E-state index in [4.69, 9.17) is 5.73 Å². The molecule has 0 spiro atoms. The van der Waals surface area contributed by atoms with Gasteiger partial charge in [0.2, 0.25) is 0 Å². The van der Waals surface area contributed by atoms with Crippen LogP contribution in [0.15, 0.2) is 24.3 Å². The van der Waals surface area contributed by atoms with E-state index in [9.17, 15) is 0 Å². The quantitative estimate of drug-likeness (QED) is 0.777. The Kier molecular flexibility index (Phi) is 2.36. The van der Waals surface area contributed by atoms with E-state index in [-0.39, 0.29) is 0 Å². The monoisotopic (exact) mass is 189 g/mol. The van der Waals surface area contributed by atoms with Crippen LogP contribution in [0.25, 0.3) is 0 Å². The molecule has 1 aliphatic rings. The molecule has 2 N–H and O–H groups in total. The average Bonchev–Trinajstić information content (AvgIpc) is 2.98. The van der Waals surface area contributed by atoms with Gasteiger partial charge in [-0.25, -0.2) is 0 Å². The predicted octanol–water partition coefficient (Wildman–Crippen LogP) is 2.80. The summed E-state index contributed by atoms with van der Waals surface area (Å²) in [5, 5.41) is 0. The third-order valence-electron chi connectivity index (χ3n) is 3.41. The summed E-state index contributed by atoms with van der Waals surface area (Å²) in [6.07, 6.45) is 2.54. The van der Waals surface area contributed by atoms with Crippen LogP contribution in [0.1, 0.15) is 43.7 Å². The van der Waals surface area contributed by atoms with E-state index < -0.39 is 0 Å². The Balaban J connectivity index is 2.31. The summed E-state index contributed by atoms with van der Waals surface area (Å²) >= 11 is 0. The zero-order valence-corrected chi connectivity index (χ0v) is 9.09. The van der Waals surface area contributed by atoms with Crippen molar-refractivity contribution >= 4 is 0 Å². The van der Waals surface area contributed by atoms with Gasteiger partial charge in [0, 0.05) is 12.0 Å². The summed E-state index contributed by atoms with van der Waals surface area (Å²) in [5.41, 5.74) is 9.05. The molecule has 0 amide bonds. The van der Waals surface area contributed by atoms with Crippen LogP contribution in [0.5, 0.6) is 0 Å². The summed E-state index contributed by atoms with van der Waals surface area (Å²) < 4.78 is 0. The van der Waals surface area contributed by atoms with Crippen molar-refractivity contribution in [3.05, 3.63) is 35.4 Å². The van der Waals surface area contributed by atoms with Crippen molar-refractivity contribution in [2.24, 2.45) is 5.73 Å². The highest BCUT2D eigenvalue weighted by atomic mass is 14.7. The highest BCUT2D eigenvalue weighted by Gasteiger charge is 2.42. The Hall–Kier alpha value is -0.820.